The lowest BCUT2D eigenvalue weighted by atomic mass is 9.78. The van der Waals surface area contributed by atoms with E-state index in [0.29, 0.717) is 38.0 Å². The number of amides is 2. The van der Waals surface area contributed by atoms with Gasteiger partial charge in [-0.2, -0.15) is 0 Å². The van der Waals surface area contributed by atoms with E-state index in [1.807, 2.05) is 0 Å². The van der Waals surface area contributed by atoms with Crippen LogP contribution in [-0.2, 0) is 25.7 Å². The van der Waals surface area contributed by atoms with Crippen molar-refractivity contribution in [1.29, 1.82) is 0 Å². The van der Waals surface area contributed by atoms with Crippen molar-refractivity contribution in [1.82, 2.24) is 9.80 Å². The second-order valence-corrected chi connectivity index (χ2v) is 7.70. The zero-order valence-corrected chi connectivity index (χ0v) is 16.3. The Balaban J connectivity index is 1.59. The standard InChI is InChI=1S/C21H27FN2O4/c1-28-19(26)9-4-8-18(25)24-13-11-21(15-24)10-5-12-23(20(21)27)14-16-6-2-3-7-17(16)22/h2-3,6-7H,4-5,8-15H2,1H3/t21-/m0/s1. The average Bonchev–Trinajstić information content (AvgIpc) is 3.12. The van der Waals surface area contributed by atoms with E-state index >= 15 is 0 Å². The molecule has 2 amide bonds. The van der Waals surface area contributed by atoms with Crippen LogP contribution in [0.1, 0.15) is 44.1 Å². The monoisotopic (exact) mass is 390 g/mol. The third-order valence-corrected chi connectivity index (χ3v) is 5.85. The highest BCUT2D eigenvalue weighted by Gasteiger charge is 2.49. The van der Waals surface area contributed by atoms with Gasteiger partial charge >= 0.3 is 5.97 Å². The normalized spacial score (nSPS) is 22.0. The van der Waals surface area contributed by atoms with Gasteiger partial charge in [-0.1, -0.05) is 18.2 Å². The van der Waals surface area contributed by atoms with Gasteiger partial charge in [0, 0.05) is 44.6 Å². The minimum Gasteiger partial charge on any atom is -0.469 e. The number of carbonyl (C=O) groups is 3. The molecule has 2 aliphatic rings. The van der Waals surface area contributed by atoms with Crippen molar-refractivity contribution in [2.45, 2.75) is 45.1 Å². The van der Waals surface area contributed by atoms with Gasteiger partial charge in [0.05, 0.1) is 12.5 Å². The third-order valence-electron chi connectivity index (χ3n) is 5.85. The molecule has 0 bridgehead atoms. The lowest BCUT2D eigenvalue weighted by molar-refractivity contribution is -0.146. The van der Waals surface area contributed by atoms with Gasteiger partial charge in [0.2, 0.25) is 11.8 Å². The largest absolute Gasteiger partial charge is 0.469 e. The van der Waals surface area contributed by atoms with Crippen LogP contribution in [0.15, 0.2) is 24.3 Å². The van der Waals surface area contributed by atoms with Crippen LogP contribution < -0.4 is 0 Å². The summed E-state index contributed by atoms with van der Waals surface area (Å²) in [6.07, 6.45) is 3.19. The summed E-state index contributed by atoms with van der Waals surface area (Å²) >= 11 is 0. The summed E-state index contributed by atoms with van der Waals surface area (Å²) in [5, 5.41) is 0. The molecule has 152 valence electrons. The maximum atomic E-state index is 14.0. The summed E-state index contributed by atoms with van der Waals surface area (Å²) in [6.45, 7) is 1.84. The summed E-state index contributed by atoms with van der Waals surface area (Å²) in [5.41, 5.74) is -0.0386. The predicted molar refractivity (Wildman–Crippen MR) is 101 cm³/mol. The molecule has 1 aromatic carbocycles. The van der Waals surface area contributed by atoms with Gasteiger partial charge in [-0.15, -0.1) is 0 Å². The fourth-order valence-corrected chi connectivity index (χ4v) is 4.24. The summed E-state index contributed by atoms with van der Waals surface area (Å²) in [5.74, 6) is -0.632. The number of nitrogens with zero attached hydrogens (tertiary/aromatic N) is 2. The Kier molecular flexibility index (Phi) is 6.31. The number of esters is 1. The number of hydrogen-bond acceptors (Lipinski definition) is 4. The minimum atomic E-state index is -0.554. The van der Waals surface area contributed by atoms with Gasteiger partial charge in [-0.25, -0.2) is 4.39 Å². The van der Waals surface area contributed by atoms with Crippen LogP contribution in [0.5, 0.6) is 0 Å². The molecule has 7 heteroatoms. The Labute approximate surface area is 164 Å². The number of likely N-dealkylation sites (tertiary alicyclic amines) is 2. The molecule has 1 aromatic rings. The van der Waals surface area contributed by atoms with Crippen LogP contribution in [-0.4, -0.2) is 54.3 Å². The first-order chi connectivity index (χ1) is 13.4. The van der Waals surface area contributed by atoms with Gasteiger partial charge < -0.3 is 14.5 Å². The highest BCUT2D eigenvalue weighted by atomic mass is 19.1. The molecule has 2 aliphatic heterocycles. The Bertz CT molecular complexity index is 754. The molecule has 0 N–H and O–H groups in total. The molecule has 2 fully saturated rings. The first-order valence-electron chi connectivity index (χ1n) is 9.82. The van der Waals surface area contributed by atoms with E-state index < -0.39 is 5.41 Å². The molecule has 0 unspecified atom stereocenters. The van der Waals surface area contributed by atoms with Gasteiger partial charge in [-0.05, 0) is 31.7 Å². The lowest BCUT2D eigenvalue weighted by Crippen LogP contribution is -2.50. The summed E-state index contributed by atoms with van der Waals surface area (Å²) in [7, 11) is 1.33. The highest BCUT2D eigenvalue weighted by Crippen LogP contribution is 2.40. The first kappa shape index (κ1) is 20.3. The molecule has 0 aromatic heterocycles. The van der Waals surface area contributed by atoms with Crippen molar-refractivity contribution in [2.24, 2.45) is 5.41 Å². The zero-order valence-electron chi connectivity index (χ0n) is 16.3. The van der Waals surface area contributed by atoms with Crippen molar-refractivity contribution in [2.75, 3.05) is 26.7 Å². The molecule has 1 spiro atoms. The van der Waals surface area contributed by atoms with E-state index in [1.54, 1.807) is 28.0 Å². The molecule has 1 atom stereocenters. The van der Waals surface area contributed by atoms with Crippen LogP contribution in [0.4, 0.5) is 4.39 Å². The average molecular weight is 390 g/mol. The second-order valence-electron chi connectivity index (χ2n) is 7.70. The zero-order chi connectivity index (χ0) is 20.1. The molecule has 0 saturated carbocycles. The number of carbonyl (C=O) groups excluding carboxylic acids is 3. The molecule has 2 heterocycles. The second kappa shape index (κ2) is 8.71. The number of halogens is 1. The molecule has 6 nitrogen and oxygen atoms in total. The number of rotatable bonds is 6. The Morgan fingerprint density at radius 2 is 1.96 bits per heavy atom. The SMILES string of the molecule is COC(=O)CCCC(=O)N1CC[C@@]2(CCCN(Cc3ccccc3F)C2=O)C1. The van der Waals surface area contributed by atoms with Crippen molar-refractivity contribution < 1.29 is 23.5 Å². The van der Waals surface area contributed by atoms with Crippen molar-refractivity contribution in [3.05, 3.63) is 35.6 Å². The lowest BCUT2D eigenvalue weighted by Gasteiger charge is -2.39. The Morgan fingerprint density at radius 3 is 2.71 bits per heavy atom. The maximum absolute atomic E-state index is 14.0. The molecule has 3 rings (SSSR count). The Hall–Kier alpha value is -2.44. The topological polar surface area (TPSA) is 66.9 Å². The van der Waals surface area contributed by atoms with E-state index in [0.717, 1.165) is 12.8 Å². The number of piperidine rings is 1. The molecule has 2 saturated heterocycles. The first-order valence-corrected chi connectivity index (χ1v) is 9.82. The summed E-state index contributed by atoms with van der Waals surface area (Å²) < 4.78 is 18.6. The number of benzene rings is 1. The van der Waals surface area contributed by atoms with E-state index in [1.165, 1.54) is 13.2 Å². The van der Waals surface area contributed by atoms with Gasteiger partial charge in [0.1, 0.15) is 5.82 Å². The molecular formula is C21H27FN2O4. The molecule has 0 radical (unpaired) electrons. The van der Waals surface area contributed by atoms with Gasteiger partial charge in [0.25, 0.3) is 0 Å². The molecule has 0 aliphatic carbocycles. The van der Waals surface area contributed by atoms with Crippen LogP contribution >= 0.6 is 0 Å². The summed E-state index contributed by atoms with van der Waals surface area (Å²) in [6, 6.07) is 6.52. The molecule has 28 heavy (non-hydrogen) atoms. The number of hydrogen-bond donors (Lipinski definition) is 0. The Morgan fingerprint density at radius 1 is 1.18 bits per heavy atom. The van der Waals surface area contributed by atoms with Crippen LogP contribution in [0.2, 0.25) is 0 Å². The van der Waals surface area contributed by atoms with E-state index in [4.69, 9.17) is 0 Å². The predicted octanol–water partition coefficient (Wildman–Crippen LogP) is 2.51. The number of methoxy groups -OCH3 is 1. The van der Waals surface area contributed by atoms with Crippen molar-refractivity contribution in [3.8, 4) is 0 Å². The minimum absolute atomic E-state index is 0.0202. The van der Waals surface area contributed by atoms with E-state index in [2.05, 4.69) is 4.74 Å². The van der Waals surface area contributed by atoms with Crippen LogP contribution in [0, 0.1) is 11.2 Å². The van der Waals surface area contributed by atoms with Gasteiger partial charge in [-0.3, -0.25) is 14.4 Å². The fraction of sp³-hybridized carbons (Fsp3) is 0.571. The quantitative estimate of drug-likeness (QED) is 0.700. The van der Waals surface area contributed by atoms with Crippen LogP contribution in [0.3, 0.4) is 0 Å². The molecular weight excluding hydrogens is 363 g/mol. The summed E-state index contributed by atoms with van der Waals surface area (Å²) in [4.78, 5) is 40.3. The third kappa shape index (κ3) is 4.34. The number of ether oxygens (including phenoxy) is 1. The van der Waals surface area contributed by atoms with Crippen LogP contribution in [0.25, 0.3) is 0 Å². The van der Waals surface area contributed by atoms with Crippen molar-refractivity contribution >= 4 is 17.8 Å². The smallest absolute Gasteiger partial charge is 0.305 e. The fourth-order valence-electron chi connectivity index (χ4n) is 4.24. The van der Waals surface area contributed by atoms with Crippen molar-refractivity contribution in [3.63, 3.8) is 0 Å². The van der Waals surface area contributed by atoms with E-state index in [9.17, 15) is 18.8 Å². The highest BCUT2D eigenvalue weighted by molar-refractivity contribution is 5.86. The maximum Gasteiger partial charge on any atom is 0.305 e. The van der Waals surface area contributed by atoms with Gasteiger partial charge in [0.15, 0.2) is 0 Å². The van der Waals surface area contributed by atoms with E-state index in [-0.39, 0.29) is 43.0 Å².